The summed E-state index contributed by atoms with van der Waals surface area (Å²) in [6, 6.07) is 5.82. The molecule has 2 aromatic rings. The topological polar surface area (TPSA) is 106 Å². The van der Waals surface area contributed by atoms with Gasteiger partial charge in [-0.25, -0.2) is 9.78 Å². The van der Waals surface area contributed by atoms with Crippen LogP contribution in [-0.2, 0) is 4.74 Å². The molecule has 23 heavy (non-hydrogen) atoms. The number of rotatable bonds is 5. The summed E-state index contributed by atoms with van der Waals surface area (Å²) >= 11 is 2.55. The summed E-state index contributed by atoms with van der Waals surface area (Å²) in [5.74, 6) is -0.774. The van der Waals surface area contributed by atoms with Crippen LogP contribution < -0.4 is 0 Å². The summed E-state index contributed by atoms with van der Waals surface area (Å²) in [6.07, 6.45) is -0.922. The van der Waals surface area contributed by atoms with Crippen LogP contribution >= 0.6 is 23.1 Å². The van der Waals surface area contributed by atoms with Crippen molar-refractivity contribution in [2.45, 2.75) is 29.2 Å². The van der Waals surface area contributed by atoms with Crippen LogP contribution in [-0.4, -0.2) is 22.0 Å². The van der Waals surface area contributed by atoms with Crippen LogP contribution in [0.3, 0.4) is 0 Å². The van der Waals surface area contributed by atoms with Crippen molar-refractivity contribution in [2.75, 3.05) is 0 Å². The molecule has 9 heteroatoms. The van der Waals surface area contributed by atoms with Gasteiger partial charge in [0, 0.05) is 17.1 Å². The number of benzene rings is 1. The Balaban J connectivity index is 2.29. The summed E-state index contributed by atoms with van der Waals surface area (Å²) in [7, 11) is 0. The minimum atomic E-state index is -0.922. The second-order valence-corrected chi connectivity index (χ2v) is 6.62. The Morgan fingerprint density at radius 3 is 2.87 bits per heavy atom. The molecule has 2 rings (SSSR count). The Kier molecular flexibility index (Phi) is 5.31. The number of aryl methyl sites for hydroxylation is 1. The summed E-state index contributed by atoms with van der Waals surface area (Å²) in [5, 5.41) is 21.7. The van der Waals surface area contributed by atoms with Gasteiger partial charge in [-0.15, -0.1) is 11.3 Å². The van der Waals surface area contributed by atoms with Gasteiger partial charge in [-0.3, -0.25) is 10.1 Å². The smallest absolute Gasteiger partial charge is 0.339 e. The zero-order valence-electron chi connectivity index (χ0n) is 12.2. The van der Waals surface area contributed by atoms with Crippen LogP contribution in [0.2, 0.25) is 0 Å². The molecule has 1 aromatic heterocycles. The van der Waals surface area contributed by atoms with Crippen LogP contribution in [0.25, 0.3) is 0 Å². The van der Waals surface area contributed by atoms with Crippen molar-refractivity contribution in [1.29, 1.82) is 5.26 Å². The van der Waals surface area contributed by atoms with Crippen molar-refractivity contribution in [1.82, 2.24) is 4.98 Å². The first-order valence-corrected chi connectivity index (χ1v) is 8.09. The van der Waals surface area contributed by atoms with Crippen molar-refractivity contribution in [3.8, 4) is 6.07 Å². The number of hydrogen-bond acceptors (Lipinski definition) is 8. The monoisotopic (exact) mass is 349 g/mol. The van der Waals surface area contributed by atoms with E-state index >= 15 is 0 Å². The van der Waals surface area contributed by atoms with Crippen LogP contribution in [0, 0.1) is 28.4 Å². The summed E-state index contributed by atoms with van der Waals surface area (Å²) in [4.78, 5) is 27.2. The first kappa shape index (κ1) is 16.9. The van der Waals surface area contributed by atoms with Crippen molar-refractivity contribution >= 4 is 34.8 Å². The SMILES string of the molecule is Cc1csc(Sc2ccc(C(=O)OC(C)C#N)cc2[N+](=O)[O-])n1. The van der Waals surface area contributed by atoms with Crippen LogP contribution in [0.4, 0.5) is 5.69 Å². The Hall–Kier alpha value is -2.44. The number of nitriles is 1. The molecule has 0 fully saturated rings. The molecule has 0 saturated carbocycles. The first-order valence-electron chi connectivity index (χ1n) is 6.39. The van der Waals surface area contributed by atoms with Gasteiger partial charge in [0.05, 0.1) is 15.4 Å². The number of hydrogen-bond donors (Lipinski definition) is 0. The molecule has 0 amide bonds. The number of thiazole rings is 1. The molecule has 0 saturated heterocycles. The lowest BCUT2D eigenvalue weighted by molar-refractivity contribution is -0.387. The number of esters is 1. The van der Waals surface area contributed by atoms with Crippen molar-refractivity contribution in [3.05, 3.63) is 45.0 Å². The van der Waals surface area contributed by atoms with E-state index in [4.69, 9.17) is 10.00 Å². The maximum absolute atomic E-state index is 11.8. The van der Waals surface area contributed by atoms with Crippen LogP contribution in [0.15, 0.2) is 32.8 Å². The van der Waals surface area contributed by atoms with E-state index in [-0.39, 0.29) is 11.3 Å². The number of carbonyl (C=O) groups excluding carboxylic acids is 1. The predicted octanol–water partition coefficient (Wildman–Crippen LogP) is 3.58. The van der Waals surface area contributed by atoms with Gasteiger partial charge in [0.15, 0.2) is 10.4 Å². The quantitative estimate of drug-likeness (QED) is 0.461. The third kappa shape index (κ3) is 4.28. The Morgan fingerprint density at radius 1 is 1.57 bits per heavy atom. The highest BCUT2D eigenvalue weighted by Gasteiger charge is 2.21. The number of nitro benzene ring substituents is 1. The summed E-state index contributed by atoms with van der Waals surface area (Å²) in [6.45, 7) is 3.26. The van der Waals surface area contributed by atoms with E-state index < -0.39 is 17.0 Å². The molecule has 0 bridgehead atoms. The van der Waals surface area contributed by atoms with E-state index in [1.54, 1.807) is 6.07 Å². The maximum atomic E-state index is 11.8. The molecule has 0 radical (unpaired) electrons. The molecular weight excluding hydrogens is 338 g/mol. The normalized spacial score (nSPS) is 11.5. The molecule has 118 valence electrons. The number of ether oxygens (including phenoxy) is 1. The van der Waals surface area contributed by atoms with Crippen molar-refractivity contribution < 1.29 is 14.5 Å². The van der Waals surface area contributed by atoms with Gasteiger partial charge in [0.25, 0.3) is 5.69 Å². The molecule has 0 aliphatic carbocycles. The Bertz CT molecular complexity index is 798. The summed E-state index contributed by atoms with van der Waals surface area (Å²) < 4.78 is 5.52. The molecule has 1 heterocycles. The zero-order chi connectivity index (χ0) is 17.0. The third-order valence-corrected chi connectivity index (χ3v) is 4.77. The first-order chi connectivity index (χ1) is 10.9. The summed E-state index contributed by atoms with van der Waals surface area (Å²) in [5.41, 5.74) is 0.659. The predicted molar refractivity (Wildman–Crippen MR) is 84.6 cm³/mol. The van der Waals surface area contributed by atoms with Gasteiger partial charge in [0.1, 0.15) is 6.07 Å². The van der Waals surface area contributed by atoms with Gasteiger partial charge < -0.3 is 4.74 Å². The maximum Gasteiger partial charge on any atom is 0.339 e. The average molecular weight is 349 g/mol. The standard InChI is InChI=1S/C14H11N3O4S2/c1-8-7-22-14(16-8)23-12-4-3-10(5-11(12)17(19)20)13(18)21-9(2)6-15/h3-5,7,9H,1-2H3. The largest absolute Gasteiger partial charge is 0.444 e. The number of aromatic nitrogens is 1. The highest BCUT2D eigenvalue weighted by Crippen LogP contribution is 2.36. The number of nitro groups is 1. The molecule has 1 atom stereocenters. The van der Waals surface area contributed by atoms with E-state index in [0.717, 1.165) is 23.5 Å². The molecule has 0 aliphatic rings. The van der Waals surface area contributed by atoms with Crippen molar-refractivity contribution in [2.24, 2.45) is 0 Å². The average Bonchev–Trinajstić information content (AvgIpc) is 2.92. The third-order valence-electron chi connectivity index (χ3n) is 2.65. The van der Waals surface area contributed by atoms with Crippen LogP contribution in [0.5, 0.6) is 0 Å². The highest BCUT2D eigenvalue weighted by molar-refractivity contribution is 8.01. The minimum Gasteiger partial charge on any atom is -0.444 e. The lowest BCUT2D eigenvalue weighted by Crippen LogP contribution is -2.13. The zero-order valence-corrected chi connectivity index (χ0v) is 13.8. The lowest BCUT2D eigenvalue weighted by atomic mass is 10.2. The van der Waals surface area contributed by atoms with Gasteiger partial charge >= 0.3 is 5.97 Å². The van der Waals surface area contributed by atoms with Gasteiger partial charge in [-0.2, -0.15) is 5.26 Å². The van der Waals surface area contributed by atoms with Gasteiger partial charge in [-0.1, -0.05) is 11.8 Å². The number of nitrogens with zero attached hydrogens (tertiary/aromatic N) is 3. The fraction of sp³-hybridized carbons (Fsp3) is 0.214. The van der Waals surface area contributed by atoms with E-state index in [2.05, 4.69) is 4.98 Å². The minimum absolute atomic E-state index is 0.0264. The van der Waals surface area contributed by atoms with Crippen molar-refractivity contribution in [3.63, 3.8) is 0 Å². The molecule has 7 nitrogen and oxygen atoms in total. The van der Waals surface area contributed by atoms with Crippen LogP contribution in [0.1, 0.15) is 23.0 Å². The number of carbonyl (C=O) groups is 1. The van der Waals surface area contributed by atoms with E-state index in [1.165, 1.54) is 30.4 Å². The molecule has 0 N–H and O–H groups in total. The lowest BCUT2D eigenvalue weighted by Gasteiger charge is -2.07. The molecule has 0 spiro atoms. The van der Waals surface area contributed by atoms with E-state index in [9.17, 15) is 14.9 Å². The molecule has 0 aliphatic heterocycles. The molecule has 1 unspecified atom stereocenters. The molecular formula is C14H11N3O4S2. The highest BCUT2D eigenvalue weighted by atomic mass is 32.2. The van der Waals surface area contributed by atoms with Gasteiger partial charge in [0.2, 0.25) is 0 Å². The second-order valence-electron chi connectivity index (χ2n) is 4.47. The van der Waals surface area contributed by atoms with Gasteiger partial charge in [-0.05, 0) is 26.0 Å². The molecule has 1 aromatic carbocycles. The van der Waals surface area contributed by atoms with E-state index in [1.807, 2.05) is 12.3 Å². The fourth-order valence-electron chi connectivity index (χ4n) is 1.60. The second kappa shape index (κ2) is 7.21. The van der Waals surface area contributed by atoms with E-state index in [0.29, 0.717) is 9.24 Å². The Labute approximate surface area is 140 Å². The fourth-order valence-corrected chi connectivity index (χ4v) is 3.48. The Morgan fingerprint density at radius 2 is 2.30 bits per heavy atom.